The van der Waals surface area contributed by atoms with Gasteiger partial charge in [0.05, 0.1) is 11.0 Å². The molecule has 0 heterocycles. The molecule has 0 amide bonds. The van der Waals surface area contributed by atoms with Gasteiger partial charge in [-0.3, -0.25) is 10.1 Å². The minimum absolute atomic E-state index is 0.0362. The average molecular weight is 295 g/mol. The van der Waals surface area contributed by atoms with Gasteiger partial charge in [0.15, 0.2) is 5.75 Å². The first kappa shape index (κ1) is 17.2. The molecule has 0 aliphatic carbocycles. The molecule has 0 radical (unpaired) electrons. The fourth-order valence-electron chi connectivity index (χ4n) is 2.21. The summed E-state index contributed by atoms with van der Waals surface area (Å²) in [7, 11) is 0. The molecule has 0 saturated carbocycles. The van der Waals surface area contributed by atoms with Crippen molar-refractivity contribution in [3.8, 4) is 5.75 Å². The Morgan fingerprint density at radius 1 is 1.38 bits per heavy atom. The molecule has 1 aromatic carbocycles. The summed E-state index contributed by atoms with van der Waals surface area (Å²) in [6.07, 6.45) is 1.44. The zero-order valence-corrected chi connectivity index (χ0v) is 13.2. The molecule has 21 heavy (non-hydrogen) atoms. The lowest BCUT2D eigenvalue weighted by Crippen LogP contribution is -2.44. The standard InChI is InChI=1S/C15H25N3O3/c1-5-15(6-2,10-16)17-12-8-7-9-13(21-11(3)4)14(12)18(19)20/h7-9,11,17H,5-6,10,16H2,1-4H3. The second kappa shape index (κ2) is 7.26. The zero-order valence-electron chi connectivity index (χ0n) is 13.2. The van der Waals surface area contributed by atoms with Gasteiger partial charge in [-0.2, -0.15) is 0 Å². The van der Waals surface area contributed by atoms with E-state index in [0.717, 1.165) is 12.8 Å². The van der Waals surface area contributed by atoms with E-state index in [9.17, 15) is 10.1 Å². The fourth-order valence-corrected chi connectivity index (χ4v) is 2.21. The Morgan fingerprint density at radius 3 is 2.43 bits per heavy atom. The van der Waals surface area contributed by atoms with Gasteiger partial charge < -0.3 is 15.8 Å². The molecule has 1 aromatic rings. The monoisotopic (exact) mass is 295 g/mol. The maximum atomic E-state index is 11.4. The molecule has 118 valence electrons. The number of nitrogens with zero attached hydrogens (tertiary/aromatic N) is 1. The van der Waals surface area contributed by atoms with Crippen LogP contribution >= 0.6 is 0 Å². The lowest BCUT2D eigenvalue weighted by molar-refractivity contribution is -0.385. The largest absolute Gasteiger partial charge is 0.484 e. The van der Waals surface area contributed by atoms with Crippen molar-refractivity contribution >= 4 is 11.4 Å². The summed E-state index contributed by atoms with van der Waals surface area (Å²) in [5.74, 6) is 0.276. The van der Waals surface area contributed by atoms with Gasteiger partial charge in [-0.15, -0.1) is 0 Å². The van der Waals surface area contributed by atoms with Crippen LogP contribution in [-0.4, -0.2) is 23.1 Å². The lowest BCUT2D eigenvalue weighted by Gasteiger charge is -2.32. The van der Waals surface area contributed by atoms with Crippen LogP contribution in [0.25, 0.3) is 0 Å². The van der Waals surface area contributed by atoms with Gasteiger partial charge in [0.25, 0.3) is 0 Å². The van der Waals surface area contributed by atoms with E-state index in [-0.39, 0.29) is 23.1 Å². The number of anilines is 1. The first-order valence-corrected chi connectivity index (χ1v) is 7.31. The molecule has 0 spiro atoms. The molecular formula is C15H25N3O3. The molecule has 6 heteroatoms. The molecular weight excluding hydrogens is 270 g/mol. The Hall–Kier alpha value is -1.82. The second-order valence-electron chi connectivity index (χ2n) is 5.39. The predicted molar refractivity (Wildman–Crippen MR) is 84.9 cm³/mol. The van der Waals surface area contributed by atoms with Crippen LogP contribution in [0.1, 0.15) is 40.5 Å². The minimum atomic E-state index is -0.410. The summed E-state index contributed by atoms with van der Waals surface area (Å²) in [6.45, 7) is 8.12. The Labute approximate surface area is 125 Å². The highest BCUT2D eigenvalue weighted by molar-refractivity contribution is 5.69. The Morgan fingerprint density at radius 2 is 2.00 bits per heavy atom. The molecule has 0 bridgehead atoms. The van der Waals surface area contributed by atoms with Crippen LogP contribution in [0, 0.1) is 10.1 Å². The van der Waals surface area contributed by atoms with E-state index in [0.29, 0.717) is 12.2 Å². The van der Waals surface area contributed by atoms with E-state index in [1.165, 1.54) is 0 Å². The number of nitrogens with two attached hydrogens (primary N) is 1. The molecule has 0 aromatic heterocycles. The molecule has 3 N–H and O–H groups in total. The third kappa shape index (κ3) is 4.07. The van der Waals surface area contributed by atoms with Gasteiger partial charge in [0.2, 0.25) is 0 Å². The maximum Gasteiger partial charge on any atom is 0.333 e. The van der Waals surface area contributed by atoms with Crippen molar-refractivity contribution in [1.29, 1.82) is 0 Å². The summed E-state index contributed by atoms with van der Waals surface area (Å²) >= 11 is 0. The first-order valence-electron chi connectivity index (χ1n) is 7.31. The number of ether oxygens (including phenoxy) is 1. The van der Waals surface area contributed by atoms with Crippen molar-refractivity contribution in [3.63, 3.8) is 0 Å². The van der Waals surface area contributed by atoms with Crippen LogP contribution in [-0.2, 0) is 0 Å². The highest BCUT2D eigenvalue weighted by Crippen LogP contribution is 2.37. The number of nitrogens with one attached hydrogen (secondary N) is 1. The van der Waals surface area contributed by atoms with Gasteiger partial charge in [0, 0.05) is 12.1 Å². The van der Waals surface area contributed by atoms with Crippen LogP contribution in [0.2, 0.25) is 0 Å². The van der Waals surface area contributed by atoms with Gasteiger partial charge in [0.1, 0.15) is 5.69 Å². The Bertz CT molecular complexity index is 477. The van der Waals surface area contributed by atoms with E-state index in [1.807, 2.05) is 27.7 Å². The predicted octanol–water partition coefficient (Wildman–Crippen LogP) is 3.31. The molecule has 0 aliphatic heterocycles. The number of para-hydroxylation sites is 1. The summed E-state index contributed by atoms with van der Waals surface area (Å²) in [5, 5.41) is 14.7. The molecule has 0 saturated heterocycles. The zero-order chi connectivity index (χ0) is 16.0. The van der Waals surface area contributed by atoms with E-state index in [2.05, 4.69) is 5.32 Å². The molecule has 0 fully saturated rings. The normalized spacial score (nSPS) is 11.5. The Balaban J connectivity index is 3.26. The maximum absolute atomic E-state index is 11.4. The van der Waals surface area contributed by atoms with Gasteiger partial charge >= 0.3 is 5.69 Å². The van der Waals surface area contributed by atoms with Crippen LogP contribution in [0.5, 0.6) is 5.75 Å². The van der Waals surface area contributed by atoms with E-state index in [4.69, 9.17) is 10.5 Å². The summed E-state index contributed by atoms with van der Waals surface area (Å²) in [4.78, 5) is 11.0. The number of rotatable bonds is 8. The SMILES string of the molecule is CCC(CC)(CN)Nc1cccc(OC(C)C)c1[N+](=O)[O-]. The minimum Gasteiger partial charge on any atom is -0.484 e. The van der Waals surface area contributed by atoms with E-state index in [1.54, 1.807) is 18.2 Å². The van der Waals surface area contributed by atoms with Crippen molar-refractivity contribution in [2.24, 2.45) is 5.73 Å². The highest BCUT2D eigenvalue weighted by atomic mass is 16.6. The average Bonchev–Trinajstić information content (AvgIpc) is 2.44. The number of nitro groups is 1. The van der Waals surface area contributed by atoms with E-state index >= 15 is 0 Å². The van der Waals surface area contributed by atoms with Crippen LogP contribution in [0.4, 0.5) is 11.4 Å². The number of hydrogen-bond donors (Lipinski definition) is 2. The molecule has 0 unspecified atom stereocenters. The Kier molecular flexibility index (Phi) is 5.96. The van der Waals surface area contributed by atoms with Crippen molar-refractivity contribution < 1.29 is 9.66 Å². The summed E-state index contributed by atoms with van der Waals surface area (Å²) in [6, 6.07) is 5.06. The van der Waals surface area contributed by atoms with Crippen LogP contribution in [0.15, 0.2) is 18.2 Å². The van der Waals surface area contributed by atoms with Gasteiger partial charge in [-0.1, -0.05) is 19.9 Å². The van der Waals surface area contributed by atoms with Crippen LogP contribution in [0.3, 0.4) is 0 Å². The molecule has 0 aliphatic rings. The third-order valence-corrected chi connectivity index (χ3v) is 3.69. The highest BCUT2D eigenvalue weighted by Gasteiger charge is 2.29. The molecule has 6 nitrogen and oxygen atoms in total. The summed E-state index contributed by atoms with van der Waals surface area (Å²) in [5.41, 5.74) is 5.93. The van der Waals surface area contributed by atoms with Crippen molar-refractivity contribution in [2.45, 2.75) is 52.2 Å². The number of benzene rings is 1. The third-order valence-electron chi connectivity index (χ3n) is 3.69. The topological polar surface area (TPSA) is 90.4 Å². The number of nitro benzene ring substituents is 1. The summed E-state index contributed by atoms with van der Waals surface area (Å²) < 4.78 is 5.55. The van der Waals surface area contributed by atoms with E-state index < -0.39 is 4.92 Å². The molecule has 0 atom stereocenters. The van der Waals surface area contributed by atoms with Gasteiger partial charge in [-0.05, 0) is 38.8 Å². The van der Waals surface area contributed by atoms with Crippen LogP contribution < -0.4 is 15.8 Å². The van der Waals surface area contributed by atoms with Crippen molar-refractivity contribution in [3.05, 3.63) is 28.3 Å². The lowest BCUT2D eigenvalue weighted by atomic mass is 9.92. The second-order valence-corrected chi connectivity index (χ2v) is 5.39. The van der Waals surface area contributed by atoms with Gasteiger partial charge in [-0.25, -0.2) is 0 Å². The first-order chi connectivity index (χ1) is 9.89. The smallest absolute Gasteiger partial charge is 0.333 e. The number of hydrogen-bond acceptors (Lipinski definition) is 5. The fraction of sp³-hybridized carbons (Fsp3) is 0.600. The van der Waals surface area contributed by atoms with Crippen molar-refractivity contribution in [2.75, 3.05) is 11.9 Å². The van der Waals surface area contributed by atoms with Crippen molar-refractivity contribution in [1.82, 2.24) is 0 Å². The molecule has 1 rings (SSSR count). The quantitative estimate of drug-likeness (QED) is 0.567.